The van der Waals surface area contributed by atoms with Crippen LogP contribution in [-0.2, 0) is 21.3 Å². The van der Waals surface area contributed by atoms with Gasteiger partial charge in [0.05, 0.1) is 23.4 Å². The summed E-state index contributed by atoms with van der Waals surface area (Å²) in [5.41, 5.74) is 0.332. The number of morpholine rings is 1. The SMILES string of the molecule is C[C@@H]1CN(S(=O)(=O)c2cccc(C(=O)NCCCn3ccnc3)c2)C[C@@H](C)O1. The van der Waals surface area contributed by atoms with Crippen molar-refractivity contribution < 1.29 is 17.9 Å². The van der Waals surface area contributed by atoms with Crippen molar-refractivity contribution in [3.63, 3.8) is 0 Å². The summed E-state index contributed by atoms with van der Waals surface area (Å²) in [6.45, 7) is 5.56. The molecule has 0 bridgehead atoms. The number of carbonyl (C=O) groups excluding carboxylic acids is 1. The molecule has 1 aromatic heterocycles. The van der Waals surface area contributed by atoms with Gasteiger partial charge in [0.15, 0.2) is 0 Å². The maximum Gasteiger partial charge on any atom is 0.251 e. The normalized spacial score (nSPS) is 20.8. The number of hydrogen-bond donors (Lipinski definition) is 1. The average Bonchev–Trinajstić information content (AvgIpc) is 3.18. The zero-order chi connectivity index (χ0) is 20.1. The predicted molar refractivity (Wildman–Crippen MR) is 104 cm³/mol. The van der Waals surface area contributed by atoms with E-state index < -0.39 is 10.0 Å². The lowest BCUT2D eigenvalue weighted by Crippen LogP contribution is -2.48. The first-order chi connectivity index (χ1) is 13.4. The number of ether oxygens (including phenoxy) is 1. The van der Waals surface area contributed by atoms with E-state index >= 15 is 0 Å². The minimum Gasteiger partial charge on any atom is -0.373 e. The molecule has 152 valence electrons. The molecule has 1 aliphatic heterocycles. The minimum atomic E-state index is -3.68. The molecule has 28 heavy (non-hydrogen) atoms. The van der Waals surface area contributed by atoms with Gasteiger partial charge in [-0.3, -0.25) is 4.79 Å². The molecule has 1 saturated heterocycles. The van der Waals surface area contributed by atoms with Crippen LogP contribution in [0.3, 0.4) is 0 Å². The molecule has 2 heterocycles. The number of benzene rings is 1. The number of hydrogen-bond acceptors (Lipinski definition) is 5. The number of aryl methyl sites for hydroxylation is 1. The Bertz CT molecular complexity index is 888. The highest BCUT2D eigenvalue weighted by Gasteiger charge is 2.32. The van der Waals surface area contributed by atoms with Crippen molar-refractivity contribution in [1.29, 1.82) is 0 Å². The maximum atomic E-state index is 13.0. The maximum absolute atomic E-state index is 13.0. The highest BCUT2D eigenvalue weighted by atomic mass is 32.2. The van der Waals surface area contributed by atoms with E-state index in [9.17, 15) is 13.2 Å². The summed E-state index contributed by atoms with van der Waals surface area (Å²) in [4.78, 5) is 16.5. The quantitative estimate of drug-likeness (QED) is 0.704. The lowest BCUT2D eigenvalue weighted by Gasteiger charge is -2.34. The van der Waals surface area contributed by atoms with Crippen molar-refractivity contribution in [1.82, 2.24) is 19.2 Å². The standard InChI is InChI=1S/C19H26N4O4S/c1-15-12-23(13-16(2)27-15)28(25,26)18-6-3-5-17(11-18)19(24)21-7-4-9-22-10-8-20-14-22/h3,5-6,8,10-11,14-16H,4,7,9,12-13H2,1-2H3,(H,21,24)/t15-,16-/m1/s1. The van der Waals surface area contributed by atoms with Gasteiger partial charge in [0.2, 0.25) is 10.0 Å². The molecular formula is C19H26N4O4S. The number of carbonyl (C=O) groups is 1. The van der Waals surface area contributed by atoms with Gasteiger partial charge in [0.1, 0.15) is 0 Å². The second-order valence-electron chi connectivity index (χ2n) is 7.02. The number of aromatic nitrogens is 2. The molecule has 0 radical (unpaired) electrons. The van der Waals surface area contributed by atoms with Gasteiger partial charge >= 0.3 is 0 Å². The van der Waals surface area contributed by atoms with E-state index in [1.165, 1.54) is 16.4 Å². The van der Waals surface area contributed by atoms with Crippen LogP contribution < -0.4 is 5.32 Å². The zero-order valence-electron chi connectivity index (χ0n) is 16.1. The van der Waals surface area contributed by atoms with E-state index in [0.29, 0.717) is 25.2 Å². The predicted octanol–water partition coefficient (Wildman–Crippen LogP) is 1.50. The molecule has 1 N–H and O–H groups in total. The molecule has 0 spiro atoms. The smallest absolute Gasteiger partial charge is 0.251 e. The Labute approximate surface area is 165 Å². The summed E-state index contributed by atoms with van der Waals surface area (Å²) in [5.74, 6) is -0.286. The molecule has 0 saturated carbocycles. The first-order valence-electron chi connectivity index (χ1n) is 9.36. The molecule has 3 rings (SSSR count). The molecular weight excluding hydrogens is 380 g/mol. The third kappa shape index (κ3) is 4.98. The van der Waals surface area contributed by atoms with Gasteiger partial charge in [0, 0.05) is 44.1 Å². The van der Waals surface area contributed by atoms with Crippen LogP contribution in [0.2, 0.25) is 0 Å². The van der Waals surface area contributed by atoms with Crippen molar-refractivity contribution in [2.75, 3.05) is 19.6 Å². The summed E-state index contributed by atoms with van der Waals surface area (Å²) in [7, 11) is -3.68. The summed E-state index contributed by atoms with van der Waals surface area (Å²) in [6, 6.07) is 6.18. The molecule has 0 aliphatic carbocycles. The topological polar surface area (TPSA) is 93.5 Å². The Morgan fingerprint density at radius 2 is 2.04 bits per heavy atom. The van der Waals surface area contributed by atoms with Gasteiger partial charge in [0.25, 0.3) is 5.91 Å². The van der Waals surface area contributed by atoms with Crippen molar-refractivity contribution in [3.05, 3.63) is 48.5 Å². The summed E-state index contributed by atoms with van der Waals surface area (Å²) < 4.78 is 34.9. The molecule has 1 aromatic carbocycles. The molecule has 1 aliphatic rings. The Kier molecular flexibility index (Phi) is 6.48. The molecule has 9 heteroatoms. The number of amides is 1. The van der Waals surface area contributed by atoms with Crippen LogP contribution in [0.1, 0.15) is 30.6 Å². The van der Waals surface area contributed by atoms with Crippen molar-refractivity contribution in [2.24, 2.45) is 0 Å². The van der Waals surface area contributed by atoms with E-state index in [1.54, 1.807) is 24.7 Å². The van der Waals surface area contributed by atoms with Crippen LogP contribution in [0.5, 0.6) is 0 Å². The third-order valence-corrected chi connectivity index (χ3v) is 6.39. The van der Waals surface area contributed by atoms with E-state index in [0.717, 1.165) is 13.0 Å². The monoisotopic (exact) mass is 406 g/mol. The largest absolute Gasteiger partial charge is 0.373 e. The average molecular weight is 407 g/mol. The lowest BCUT2D eigenvalue weighted by molar-refractivity contribution is -0.0440. The van der Waals surface area contributed by atoms with Crippen LogP contribution in [0.4, 0.5) is 0 Å². The van der Waals surface area contributed by atoms with Gasteiger partial charge < -0.3 is 14.6 Å². The van der Waals surface area contributed by atoms with E-state index in [2.05, 4.69) is 10.3 Å². The van der Waals surface area contributed by atoms with Gasteiger partial charge in [-0.15, -0.1) is 0 Å². The van der Waals surface area contributed by atoms with Crippen LogP contribution in [0.25, 0.3) is 0 Å². The number of nitrogens with one attached hydrogen (secondary N) is 1. The van der Waals surface area contributed by atoms with Crippen LogP contribution >= 0.6 is 0 Å². The number of nitrogens with zero attached hydrogens (tertiary/aromatic N) is 3. The Hall–Kier alpha value is -2.23. The highest BCUT2D eigenvalue weighted by molar-refractivity contribution is 7.89. The van der Waals surface area contributed by atoms with Crippen LogP contribution in [0, 0.1) is 0 Å². The molecule has 0 unspecified atom stereocenters. The summed E-state index contributed by atoms with van der Waals surface area (Å²) >= 11 is 0. The first-order valence-corrected chi connectivity index (χ1v) is 10.8. The Morgan fingerprint density at radius 1 is 1.29 bits per heavy atom. The van der Waals surface area contributed by atoms with E-state index in [-0.39, 0.29) is 23.0 Å². The minimum absolute atomic E-state index is 0.125. The van der Waals surface area contributed by atoms with Gasteiger partial charge in [-0.25, -0.2) is 13.4 Å². The fraction of sp³-hybridized carbons (Fsp3) is 0.474. The Balaban J connectivity index is 1.63. The molecule has 1 amide bonds. The third-order valence-electron chi connectivity index (χ3n) is 4.56. The van der Waals surface area contributed by atoms with E-state index in [1.807, 2.05) is 24.6 Å². The molecule has 2 atom stereocenters. The summed E-state index contributed by atoms with van der Waals surface area (Å²) in [5, 5.41) is 2.83. The molecule has 8 nitrogen and oxygen atoms in total. The first kappa shape index (κ1) is 20.5. The zero-order valence-corrected chi connectivity index (χ0v) is 16.9. The lowest BCUT2D eigenvalue weighted by atomic mass is 10.2. The number of imidazole rings is 1. The van der Waals surface area contributed by atoms with Crippen LogP contribution in [0.15, 0.2) is 47.9 Å². The molecule has 1 fully saturated rings. The second-order valence-corrected chi connectivity index (χ2v) is 8.96. The molecule has 2 aromatic rings. The van der Waals surface area contributed by atoms with Crippen LogP contribution in [-0.4, -0.2) is 60.0 Å². The van der Waals surface area contributed by atoms with Crippen molar-refractivity contribution >= 4 is 15.9 Å². The van der Waals surface area contributed by atoms with Gasteiger partial charge in [-0.1, -0.05) is 6.07 Å². The van der Waals surface area contributed by atoms with E-state index in [4.69, 9.17) is 4.74 Å². The highest BCUT2D eigenvalue weighted by Crippen LogP contribution is 2.22. The summed E-state index contributed by atoms with van der Waals surface area (Å²) in [6.07, 6.45) is 5.72. The Morgan fingerprint density at radius 3 is 2.71 bits per heavy atom. The number of sulfonamides is 1. The van der Waals surface area contributed by atoms with Crippen molar-refractivity contribution in [3.8, 4) is 0 Å². The van der Waals surface area contributed by atoms with Gasteiger partial charge in [-0.2, -0.15) is 4.31 Å². The number of rotatable bonds is 7. The fourth-order valence-corrected chi connectivity index (χ4v) is 4.90. The fourth-order valence-electron chi connectivity index (χ4n) is 3.26. The van der Waals surface area contributed by atoms with Gasteiger partial charge in [-0.05, 0) is 38.5 Å². The van der Waals surface area contributed by atoms with Crippen molar-refractivity contribution in [2.45, 2.75) is 43.9 Å². The second kappa shape index (κ2) is 8.85.